The van der Waals surface area contributed by atoms with E-state index in [0.29, 0.717) is 25.0 Å². The Morgan fingerprint density at radius 2 is 2.05 bits per heavy atom. The van der Waals surface area contributed by atoms with E-state index in [9.17, 15) is 0 Å². The van der Waals surface area contributed by atoms with E-state index < -0.39 is 0 Å². The summed E-state index contributed by atoms with van der Waals surface area (Å²) in [6, 6.07) is 1.87. The van der Waals surface area contributed by atoms with Gasteiger partial charge in [-0.3, -0.25) is 0 Å². The molecule has 1 aliphatic carbocycles. The van der Waals surface area contributed by atoms with E-state index in [4.69, 9.17) is 10.5 Å². The summed E-state index contributed by atoms with van der Waals surface area (Å²) in [5.74, 6) is 1.29. The first-order valence-electron chi connectivity index (χ1n) is 7.64. The van der Waals surface area contributed by atoms with Crippen LogP contribution in [-0.4, -0.2) is 28.7 Å². The Kier molecular flexibility index (Phi) is 5.17. The Bertz CT molecular complexity index is 430. The summed E-state index contributed by atoms with van der Waals surface area (Å²) in [7, 11) is 0. The summed E-state index contributed by atoms with van der Waals surface area (Å²) in [6.07, 6.45) is 6.88. The molecule has 1 saturated carbocycles. The van der Waals surface area contributed by atoms with Crippen LogP contribution >= 0.6 is 0 Å². The first-order chi connectivity index (χ1) is 9.67. The summed E-state index contributed by atoms with van der Waals surface area (Å²) < 4.78 is 5.61. The number of aromatic nitrogens is 2. The van der Waals surface area contributed by atoms with Gasteiger partial charge in [0.2, 0.25) is 11.8 Å². The molecule has 112 valence electrons. The van der Waals surface area contributed by atoms with Crippen LogP contribution < -0.4 is 15.8 Å². The molecule has 0 aliphatic heterocycles. The van der Waals surface area contributed by atoms with Gasteiger partial charge in [0.05, 0.1) is 12.1 Å². The molecule has 0 spiro atoms. The fraction of sp³-hybridized carbons (Fsp3) is 0.733. The number of aryl methyl sites for hydroxylation is 1. The molecule has 0 radical (unpaired) electrons. The molecule has 1 heterocycles. The highest BCUT2D eigenvalue weighted by Crippen LogP contribution is 2.30. The average molecular weight is 278 g/mol. The number of hydrogen-bond acceptors (Lipinski definition) is 5. The van der Waals surface area contributed by atoms with Crippen LogP contribution in [0.1, 0.15) is 51.1 Å². The summed E-state index contributed by atoms with van der Waals surface area (Å²) in [5.41, 5.74) is 6.86. The number of nitrogens with one attached hydrogen (secondary N) is 1. The predicted octanol–water partition coefficient (Wildman–Crippen LogP) is 2.65. The lowest BCUT2D eigenvalue weighted by Crippen LogP contribution is -2.47. The third-order valence-electron chi connectivity index (χ3n) is 3.86. The van der Waals surface area contributed by atoms with Crippen molar-refractivity contribution in [1.82, 2.24) is 9.97 Å². The van der Waals surface area contributed by atoms with Crippen molar-refractivity contribution in [3.8, 4) is 5.88 Å². The van der Waals surface area contributed by atoms with Gasteiger partial charge in [-0.25, -0.2) is 4.98 Å². The van der Waals surface area contributed by atoms with Crippen LogP contribution in [0.3, 0.4) is 0 Å². The van der Waals surface area contributed by atoms with E-state index >= 15 is 0 Å². The van der Waals surface area contributed by atoms with Gasteiger partial charge < -0.3 is 15.8 Å². The maximum atomic E-state index is 5.99. The standard InChI is InChI=1S/C15H26N4O/c1-3-9-20-13-10-12(2)17-14(18-13)19-15(11-16)7-5-4-6-8-15/h10H,3-9,11,16H2,1-2H3,(H,17,18,19). The van der Waals surface area contributed by atoms with Crippen LogP contribution in [0.4, 0.5) is 5.95 Å². The van der Waals surface area contributed by atoms with E-state index in [1.54, 1.807) is 0 Å². The molecular weight excluding hydrogens is 252 g/mol. The first kappa shape index (κ1) is 15.0. The van der Waals surface area contributed by atoms with Gasteiger partial charge in [0, 0.05) is 18.3 Å². The fourth-order valence-corrected chi connectivity index (χ4v) is 2.72. The van der Waals surface area contributed by atoms with E-state index in [2.05, 4.69) is 22.2 Å². The molecule has 1 fully saturated rings. The normalized spacial score (nSPS) is 17.8. The monoisotopic (exact) mass is 278 g/mol. The summed E-state index contributed by atoms with van der Waals surface area (Å²) in [5, 5.41) is 3.47. The zero-order valence-corrected chi connectivity index (χ0v) is 12.6. The molecule has 0 bridgehead atoms. The van der Waals surface area contributed by atoms with Crippen molar-refractivity contribution in [2.45, 2.75) is 57.9 Å². The predicted molar refractivity (Wildman–Crippen MR) is 81.0 cm³/mol. The number of nitrogens with zero attached hydrogens (tertiary/aromatic N) is 2. The second kappa shape index (κ2) is 6.88. The molecule has 1 aromatic heterocycles. The number of hydrogen-bond donors (Lipinski definition) is 2. The Hall–Kier alpha value is -1.36. The van der Waals surface area contributed by atoms with Crippen LogP contribution in [0, 0.1) is 6.92 Å². The molecular formula is C15H26N4O. The number of ether oxygens (including phenoxy) is 1. The number of nitrogens with two attached hydrogens (primary N) is 1. The van der Waals surface area contributed by atoms with Gasteiger partial charge in [0.1, 0.15) is 0 Å². The van der Waals surface area contributed by atoms with Crippen molar-refractivity contribution < 1.29 is 4.74 Å². The van der Waals surface area contributed by atoms with E-state index in [-0.39, 0.29) is 5.54 Å². The van der Waals surface area contributed by atoms with Crippen LogP contribution in [-0.2, 0) is 0 Å². The van der Waals surface area contributed by atoms with Crippen molar-refractivity contribution in [1.29, 1.82) is 0 Å². The smallest absolute Gasteiger partial charge is 0.226 e. The summed E-state index contributed by atoms with van der Waals surface area (Å²) in [4.78, 5) is 8.93. The van der Waals surface area contributed by atoms with E-state index in [1.165, 1.54) is 19.3 Å². The molecule has 0 amide bonds. The van der Waals surface area contributed by atoms with Gasteiger partial charge in [0.25, 0.3) is 0 Å². The Morgan fingerprint density at radius 1 is 1.30 bits per heavy atom. The van der Waals surface area contributed by atoms with Crippen LogP contribution in [0.2, 0.25) is 0 Å². The highest BCUT2D eigenvalue weighted by atomic mass is 16.5. The van der Waals surface area contributed by atoms with Gasteiger partial charge in [0.15, 0.2) is 0 Å². The van der Waals surface area contributed by atoms with Crippen LogP contribution in [0.25, 0.3) is 0 Å². The van der Waals surface area contributed by atoms with Crippen LogP contribution in [0.15, 0.2) is 6.07 Å². The Labute approximate surface area is 121 Å². The average Bonchev–Trinajstić information content (AvgIpc) is 2.45. The second-order valence-electron chi connectivity index (χ2n) is 5.69. The minimum absolute atomic E-state index is 0.0475. The van der Waals surface area contributed by atoms with Gasteiger partial charge in [-0.15, -0.1) is 0 Å². The number of anilines is 1. The summed E-state index contributed by atoms with van der Waals surface area (Å²) >= 11 is 0. The zero-order valence-electron chi connectivity index (χ0n) is 12.6. The van der Waals surface area contributed by atoms with Gasteiger partial charge in [-0.2, -0.15) is 4.98 Å². The van der Waals surface area contributed by atoms with E-state index in [1.807, 2.05) is 13.0 Å². The van der Waals surface area contributed by atoms with Crippen molar-refractivity contribution in [2.75, 3.05) is 18.5 Å². The molecule has 0 aromatic carbocycles. The first-order valence-corrected chi connectivity index (χ1v) is 7.64. The minimum atomic E-state index is -0.0475. The molecule has 0 saturated heterocycles. The third-order valence-corrected chi connectivity index (χ3v) is 3.86. The van der Waals surface area contributed by atoms with Gasteiger partial charge in [-0.05, 0) is 26.2 Å². The molecule has 0 atom stereocenters. The van der Waals surface area contributed by atoms with Crippen molar-refractivity contribution >= 4 is 5.95 Å². The van der Waals surface area contributed by atoms with Crippen molar-refractivity contribution in [2.24, 2.45) is 5.73 Å². The molecule has 5 nitrogen and oxygen atoms in total. The zero-order chi connectivity index (χ0) is 14.4. The van der Waals surface area contributed by atoms with E-state index in [0.717, 1.165) is 25.0 Å². The highest BCUT2D eigenvalue weighted by Gasteiger charge is 2.31. The largest absolute Gasteiger partial charge is 0.478 e. The third kappa shape index (κ3) is 3.82. The molecule has 20 heavy (non-hydrogen) atoms. The highest BCUT2D eigenvalue weighted by molar-refractivity contribution is 5.34. The van der Waals surface area contributed by atoms with Gasteiger partial charge in [-0.1, -0.05) is 26.2 Å². The molecule has 1 aromatic rings. The molecule has 1 aliphatic rings. The lowest BCUT2D eigenvalue weighted by atomic mass is 9.82. The van der Waals surface area contributed by atoms with Gasteiger partial charge >= 0.3 is 0 Å². The summed E-state index contributed by atoms with van der Waals surface area (Å²) in [6.45, 7) is 5.34. The maximum absolute atomic E-state index is 5.99. The lowest BCUT2D eigenvalue weighted by molar-refractivity contribution is 0.302. The molecule has 0 unspecified atom stereocenters. The lowest BCUT2D eigenvalue weighted by Gasteiger charge is -2.37. The SMILES string of the molecule is CCCOc1cc(C)nc(NC2(CN)CCCCC2)n1. The molecule has 2 rings (SSSR count). The Morgan fingerprint density at radius 3 is 2.70 bits per heavy atom. The van der Waals surface area contributed by atoms with Crippen molar-refractivity contribution in [3.63, 3.8) is 0 Å². The van der Waals surface area contributed by atoms with Crippen molar-refractivity contribution in [3.05, 3.63) is 11.8 Å². The molecule has 5 heteroatoms. The fourth-order valence-electron chi connectivity index (χ4n) is 2.72. The van der Waals surface area contributed by atoms with Crippen LogP contribution in [0.5, 0.6) is 5.88 Å². The topological polar surface area (TPSA) is 73.1 Å². The number of rotatable bonds is 6. The Balaban J connectivity index is 2.12. The maximum Gasteiger partial charge on any atom is 0.226 e. The molecule has 3 N–H and O–H groups in total. The minimum Gasteiger partial charge on any atom is -0.478 e. The second-order valence-corrected chi connectivity index (χ2v) is 5.69. The quantitative estimate of drug-likeness (QED) is 0.837.